The average molecular weight is 592 g/mol. The molecule has 0 aliphatic carbocycles. The molecule has 12 heteroatoms. The van der Waals surface area contributed by atoms with Gasteiger partial charge in [0.05, 0.1) is 21.3 Å². The van der Waals surface area contributed by atoms with Crippen LogP contribution in [-0.2, 0) is 12.7 Å². The van der Waals surface area contributed by atoms with Crippen LogP contribution in [0.25, 0.3) is 5.69 Å². The van der Waals surface area contributed by atoms with Gasteiger partial charge in [-0.3, -0.25) is 9.69 Å². The zero-order chi connectivity index (χ0) is 28.6. The van der Waals surface area contributed by atoms with E-state index in [9.17, 15) is 22.4 Å². The van der Waals surface area contributed by atoms with Crippen LogP contribution >= 0.6 is 23.2 Å². The van der Waals surface area contributed by atoms with Gasteiger partial charge in [0.25, 0.3) is 5.91 Å². The molecule has 0 N–H and O–H groups in total. The van der Waals surface area contributed by atoms with Crippen molar-refractivity contribution in [2.75, 3.05) is 20.1 Å². The van der Waals surface area contributed by atoms with Gasteiger partial charge in [-0.2, -0.15) is 18.3 Å². The second-order valence-corrected chi connectivity index (χ2v) is 10.5. The standard InChI is InChI=1S/C28H23Cl2F4N5O/c1-37(12-17-2-8-22(25(31)10-17)28(32,33)34)26-14-38(13-21(26)19-5-9-23(29)24(30)11-19)27(40)18-3-6-20(7-4-18)39-16-35-15-36-39/h2-11,15-16,21,26H,12-14H2,1H3. The topological polar surface area (TPSA) is 54.3 Å². The van der Waals surface area contributed by atoms with Crippen molar-refractivity contribution in [3.8, 4) is 5.69 Å². The molecule has 1 aliphatic heterocycles. The molecular formula is C28H23Cl2F4N5O. The predicted molar refractivity (Wildman–Crippen MR) is 143 cm³/mol. The van der Waals surface area contributed by atoms with Gasteiger partial charge >= 0.3 is 6.18 Å². The Kier molecular flexibility index (Phi) is 7.85. The third-order valence-corrected chi connectivity index (χ3v) is 7.82. The van der Waals surface area contributed by atoms with Crippen LogP contribution in [0.2, 0.25) is 10.0 Å². The number of halogens is 6. The summed E-state index contributed by atoms with van der Waals surface area (Å²) in [6.45, 7) is 0.887. The minimum absolute atomic E-state index is 0.173. The molecule has 2 heterocycles. The summed E-state index contributed by atoms with van der Waals surface area (Å²) in [5.74, 6) is -1.68. The Hall–Kier alpha value is -3.47. The lowest BCUT2D eigenvalue weighted by Crippen LogP contribution is -2.38. The number of hydrogen-bond donors (Lipinski definition) is 0. The van der Waals surface area contributed by atoms with Crippen molar-refractivity contribution in [1.82, 2.24) is 24.6 Å². The highest BCUT2D eigenvalue weighted by molar-refractivity contribution is 6.42. The summed E-state index contributed by atoms with van der Waals surface area (Å²) in [5, 5.41) is 4.86. The second kappa shape index (κ2) is 11.2. The fourth-order valence-electron chi connectivity index (χ4n) is 5.04. The molecule has 2 atom stereocenters. The van der Waals surface area contributed by atoms with Crippen molar-refractivity contribution in [1.29, 1.82) is 0 Å². The van der Waals surface area contributed by atoms with Gasteiger partial charge in [0, 0.05) is 37.2 Å². The third-order valence-electron chi connectivity index (χ3n) is 7.08. The highest BCUT2D eigenvalue weighted by atomic mass is 35.5. The lowest BCUT2D eigenvalue weighted by atomic mass is 9.93. The minimum Gasteiger partial charge on any atom is -0.336 e. The van der Waals surface area contributed by atoms with Crippen molar-refractivity contribution in [2.45, 2.75) is 24.7 Å². The molecule has 1 aliphatic rings. The first-order valence-corrected chi connectivity index (χ1v) is 13.0. The van der Waals surface area contributed by atoms with Crippen molar-refractivity contribution in [2.24, 2.45) is 0 Å². The van der Waals surface area contributed by atoms with Crippen LogP contribution < -0.4 is 0 Å². The Morgan fingerprint density at radius 1 is 1.02 bits per heavy atom. The van der Waals surface area contributed by atoms with Crippen LogP contribution in [0.4, 0.5) is 17.6 Å². The van der Waals surface area contributed by atoms with Crippen molar-refractivity contribution >= 4 is 29.1 Å². The summed E-state index contributed by atoms with van der Waals surface area (Å²) in [6, 6.07) is 15.0. The van der Waals surface area contributed by atoms with Crippen molar-refractivity contribution < 1.29 is 22.4 Å². The van der Waals surface area contributed by atoms with E-state index in [1.807, 2.05) is 11.0 Å². The van der Waals surface area contributed by atoms with Crippen LogP contribution in [0, 0.1) is 5.82 Å². The normalized spacial score (nSPS) is 17.6. The second-order valence-electron chi connectivity index (χ2n) is 9.67. The van der Waals surface area contributed by atoms with Gasteiger partial charge in [0.1, 0.15) is 18.5 Å². The Morgan fingerprint density at radius 2 is 1.77 bits per heavy atom. The quantitative estimate of drug-likeness (QED) is 0.241. The smallest absolute Gasteiger partial charge is 0.336 e. The molecule has 6 nitrogen and oxygen atoms in total. The zero-order valence-corrected chi connectivity index (χ0v) is 22.6. The predicted octanol–water partition coefficient (Wildman–Crippen LogP) is 6.47. The molecule has 5 rings (SSSR count). The SMILES string of the molecule is CN(Cc1ccc(C(F)(F)F)c(F)c1)C1CN(C(=O)c2ccc(-n3cncn3)cc2)CC1c1ccc(Cl)c(Cl)c1. The van der Waals surface area contributed by atoms with Crippen LogP contribution in [0.1, 0.15) is 33.0 Å². The van der Waals surface area contributed by atoms with Gasteiger partial charge in [0.15, 0.2) is 0 Å². The molecule has 0 bridgehead atoms. The van der Waals surface area contributed by atoms with Crippen molar-refractivity contribution in [3.63, 3.8) is 0 Å². The van der Waals surface area contributed by atoms with Gasteiger partial charge in [0.2, 0.25) is 0 Å². The Morgan fingerprint density at radius 3 is 2.40 bits per heavy atom. The van der Waals surface area contributed by atoms with E-state index in [4.69, 9.17) is 23.2 Å². The van der Waals surface area contributed by atoms with Crippen LogP contribution in [0.15, 0.2) is 73.3 Å². The van der Waals surface area contributed by atoms with E-state index in [0.717, 1.165) is 23.4 Å². The Bertz CT molecular complexity index is 1510. The summed E-state index contributed by atoms with van der Waals surface area (Å²) in [7, 11) is 1.80. The molecule has 0 radical (unpaired) electrons. The first-order valence-electron chi connectivity index (χ1n) is 12.3. The fourth-order valence-corrected chi connectivity index (χ4v) is 5.35. The van der Waals surface area contributed by atoms with E-state index < -0.39 is 17.6 Å². The van der Waals surface area contributed by atoms with E-state index in [1.54, 1.807) is 59.4 Å². The zero-order valence-electron chi connectivity index (χ0n) is 21.1. The summed E-state index contributed by atoms with van der Waals surface area (Å²) in [6.07, 6.45) is -1.79. The van der Waals surface area contributed by atoms with Gasteiger partial charge < -0.3 is 4.90 Å². The van der Waals surface area contributed by atoms with E-state index in [0.29, 0.717) is 34.3 Å². The minimum atomic E-state index is -4.77. The number of carbonyl (C=O) groups is 1. The number of carbonyl (C=O) groups excluding carboxylic acids is 1. The maximum Gasteiger partial charge on any atom is 0.419 e. The maximum atomic E-state index is 14.2. The summed E-state index contributed by atoms with van der Waals surface area (Å²) < 4.78 is 54.9. The molecule has 0 saturated carbocycles. The van der Waals surface area contributed by atoms with Crippen LogP contribution in [-0.4, -0.2) is 56.7 Å². The molecule has 1 aromatic heterocycles. The highest BCUT2D eigenvalue weighted by Gasteiger charge is 2.39. The monoisotopic (exact) mass is 591 g/mol. The van der Waals surface area contributed by atoms with E-state index in [-0.39, 0.29) is 24.4 Å². The number of amides is 1. The number of nitrogens with zero attached hydrogens (tertiary/aromatic N) is 5. The number of aromatic nitrogens is 3. The molecular weight excluding hydrogens is 569 g/mol. The van der Waals surface area contributed by atoms with Gasteiger partial charge in [-0.25, -0.2) is 14.1 Å². The first-order chi connectivity index (χ1) is 19.0. The first kappa shape index (κ1) is 28.1. The third kappa shape index (κ3) is 5.84. The number of rotatable bonds is 6. The molecule has 2 unspecified atom stereocenters. The van der Waals surface area contributed by atoms with Crippen molar-refractivity contribution in [3.05, 3.63) is 111 Å². The Balaban J connectivity index is 1.39. The summed E-state index contributed by atoms with van der Waals surface area (Å²) in [4.78, 5) is 21.1. The number of benzene rings is 3. The van der Waals surface area contributed by atoms with Gasteiger partial charge in [-0.15, -0.1) is 0 Å². The molecule has 208 valence electrons. The molecule has 4 aromatic rings. The molecule has 1 fully saturated rings. The molecule has 3 aromatic carbocycles. The lowest BCUT2D eigenvalue weighted by Gasteiger charge is -2.29. The number of hydrogen-bond acceptors (Lipinski definition) is 4. The Labute approximate surface area is 237 Å². The van der Waals surface area contributed by atoms with Gasteiger partial charge in [-0.05, 0) is 66.7 Å². The fraction of sp³-hybridized carbons (Fsp3) is 0.250. The van der Waals surface area contributed by atoms with Crippen LogP contribution in [0.5, 0.6) is 0 Å². The number of likely N-dealkylation sites (tertiary alicyclic amines) is 1. The largest absolute Gasteiger partial charge is 0.419 e. The molecule has 40 heavy (non-hydrogen) atoms. The van der Waals surface area contributed by atoms with Crippen LogP contribution in [0.3, 0.4) is 0 Å². The van der Waals surface area contributed by atoms with E-state index >= 15 is 0 Å². The van der Waals surface area contributed by atoms with E-state index in [1.165, 1.54) is 12.4 Å². The number of likely N-dealkylation sites (N-methyl/N-ethyl adjacent to an activating group) is 1. The summed E-state index contributed by atoms with van der Waals surface area (Å²) >= 11 is 12.4. The van der Waals surface area contributed by atoms with Gasteiger partial charge in [-0.1, -0.05) is 35.3 Å². The average Bonchev–Trinajstić information content (AvgIpc) is 3.60. The highest BCUT2D eigenvalue weighted by Crippen LogP contribution is 2.36. The molecule has 0 spiro atoms. The number of alkyl halides is 3. The molecule has 1 saturated heterocycles. The summed E-state index contributed by atoms with van der Waals surface area (Å²) in [5.41, 5.74) is 1.19. The lowest BCUT2D eigenvalue weighted by molar-refractivity contribution is -0.140. The molecule has 1 amide bonds. The van der Waals surface area contributed by atoms with E-state index in [2.05, 4.69) is 10.1 Å². The maximum absolute atomic E-state index is 14.2.